The molecule has 1 unspecified atom stereocenters. The van der Waals surface area contributed by atoms with E-state index in [1.54, 1.807) is 11.3 Å². The second kappa shape index (κ2) is 7.08. The van der Waals surface area contributed by atoms with Crippen LogP contribution in [-0.2, 0) is 12.2 Å². The Balaban J connectivity index is 2.06. The molecule has 0 aliphatic rings. The second-order valence-electron chi connectivity index (χ2n) is 4.56. The normalized spacial score (nSPS) is 12.6. The molecule has 1 aromatic heterocycles. The molecule has 0 fully saturated rings. The predicted octanol–water partition coefficient (Wildman–Crippen LogP) is 4.41. The number of hydrogen-bond donors (Lipinski definition) is 1. The number of aryl methyl sites for hydroxylation is 1. The third-order valence-corrected chi connectivity index (χ3v) is 5.28. The van der Waals surface area contributed by atoms with Crippen molar-refractivity contribution >= 4 is 23.1 Å². The van der Waals surface area contributed by atoms with Crippen LogP contribution in [0.4, 0.5) is 0 Å². The van der Waals surface area contributed by atoms with Crippen LogP contribution in [0.15, 0.2) is 35.2 Å². The SMILES string of the molecule is CCCc1nc(CSc2ccccc2)sc1C(C)N. The number of nitrogens with zero attached hydrogens (tertiary/aromatic N) is 1. The topological polar surface area (TPSA) is 38.9 Å². The van der Waals surface area contributed by atoms with E-state index in [1.807, 2.05) is 24.8 Å². The standard InChI is InChI=1S/C15H20N2S2/c1-3-7-13-15(11(2)16)19-14(17-13)10-18-12-8-5-4-6-9-12/h4-6,8-9,11H,3,7,10,16H2,1-2H3. The lowest BCUT2D eigenvalue weighted by molar-refractivity contribution is 0.791. The summed E-state index contributed by atoms with van der Waals surface area (Å²) in [6.45, 7) is 4.23. The van der Waals surface area contributed by atoms with Gasteiger partial charge in [-0.05, 0) is 25.5 Å². The summed E-state index contributed by atoms with van der Waals surface area (Å²) in [7, 11) is 0. The Hall–Kier alpha value is -0.840. The molecule has 0 saturated heterocycles. The van der Waals surface area contributed by atoms with Crippen molar-refractivity contribution in [3.8, 4) is 0 Å². The molecule has 0 radical (unpaired) electrons. The van der Waals surface area contributed by atoms with Crippen molar-refractivity contribution in [1.82, 2.24) is 4.98 Å². The zero-order valence-corrected chi connectivity index (χ0v) is 13.1. The van der Waals surface area contributed by atoms with Gasteiger partial charge in [-0.3, -0.25) is 0 Å². The van der Waals surface area contributed by atoms with E-state index in [0.717, 1.165) is 18.6 Å². The van der Waals surface area contributed by atoms with Crippen molar-refractivity contribution in [1.29, 1.82) is 0 Å². The number of benzene rings is 1. The molecule has 1 atom stereocenters. The molecule has 2 N–H and O–H groups in total. The molecule has 0 aliphatic heterocycles. The summed E-state index contributed by atoms with van der Waals surface area (Å²) in [6, 6.07) is 10.5. The third-order valence-electron chi connectivity index (χ3n) is 2.78. The predicted molar refractivity (Wildman–Crippen MR) is 84.7 cm³/mol. The first-order chi connectivity index (χ1) is 9.20. The fourth-order valence-corrected chi connectivity index (χ4v) is 3.89. The van der Waals surface area contributed by atoms with Crippen molar-refractivity contribution in [2.24, 2.45) is 5.73 Å². The van der Waals surface area contributed by atoms with Crippen LogP contribution in [0.2, 0.25) is 0 Å². The molecule has 0 amide bonds. The van der Waals surface area contributed by atoms with Gasteiger partial charge in [-0.15, -0.1) is 23.1 Å². The highest BCUT2D eigenvalue weighted by atomic mass is 32.2. The van der Waals surface area contributed by atoms with Crippen LogP contribution in [0.3, 0.4) is 0 Å². The summed E-state index contributed by atoms with van der Waals surface area (Å²) < 4.78 is 0. The molecule has 1 aromatic carbocycles. The minimum atomic E-state index is 0.0922. The lowest BCUT2D eigenvalue weighted by atomic mass is 10.2. The van der Waals surface area contributed by atoms with Gasteiger partial charge in [-0.2, -0.15) is 0 Å². The fraction of sp³-hybridized carbons (Fsp3) is 0.400. The molecule has 2 nitrogen and oxygen atoms in total. The lowest BCUT2D eigenvalue weighted by Crippen LogP contribution is -2.05. The Morgan fingerprint density at radius 3 is 2.68 bits per heavy atom. The van der Waals surface area contributed by atoms with E-state index < -0.39 is 0 Å². The Labute approximate surface area is 123 Å². The average molecular weight is 292 g/mol. The summed E-state index contributed by atoms with van der Waals surface area (Å²) in [6.07, 6.45) is 2.15. The average Bonchev–Trinajstić information content (AvgIpc) is 2.81. The Morgan fingerprint density at radius 2 is 2.05 bits per heavy atom. The Morgan fingerprint density at radius 1 is 1.32 bits per heavy atom. The molecule has 0 saturated carbocycles. The number of nitrogens with two attached hydrogens (primary N) is 1. The van der Waals surface area contributed by atoms with Crippen LogP contribution in [0.1, 0.15) is 41.9 Å². The van der Waals surface area contributed by atoms with Gasteiger partial charge in [0.2, 0.25) is 0 Å². The summed E-state index contributed by atoms with van der Waals surface area (Å²) in [5.74, 6) is 0.929. The quantitative estimate of drug-likeness (QED) is 0.802. The molecule has 0 bridgehead atoms. The van der Waals surface area contributed by atoms with Gasteiger partial charge in [-0.25, -0.2) is 4.98 Å². The van der Waals surface area contributed by atoms with E-state index in [2.05, 4.69) is 31.2 Å². The zero-order valence-electron chi connectivity index (χ0n) is 11.4. The van der Waals surface area contributed by atoms with E-state index in [9.17, 15) is 0 Å². The van der Waals surface area contributed by atoms with E-state index in [1.165, 1.54) is 20.5 Å². The Kier molecular flexibility index (Phi) is 5.43. The van der Waals surface area contributed by atoms with E-state index >= 15 is 0 Å². The first kappa shape index (κ1) is 14.6. The summed E-state index contributed by atoms with van der Waals surface area (Å²) in [5, 5.41) is 1.18. The molecule has 2 rings (SSSR count). The largest absolute Gasteiger partial charge is 0.323 e. The summed E-state index contributed by atoms with van der Waals surface area (Å²) in [4.78, 5) is 7.30. The number of thioether (sulfide) groups is 1. The summed E-state index contributed by atoms with van der Waals surface area (Å²) in [5.41, 5.74) is 7.23. The van der Waals surface area contributed by atoms with Gasteiger partial charge < -0.3 is 5.73 Å². The van der Waals surface area contributed by atoms with Crippen molar-refractivity contribution in [2.45, 2.75) is 43.4 Å². The highest BCUT2D eigenvalue weighted by molar-refractivity contribution is 7.98. The molecular formula is C15H20N2S2. The fourth-order valence-electron chi connectivity index (χ4n) is 1.91. The molecule has 4 heteroatoms. The molecule has 19 heavy (non-hydrogen) atoms. The van der Waals surface area contributed by atoms with Crippen LogP contribution in [0, 0.1) is 0 Å². The molecule has 0 aliphatic carbocycles. The van der Waals surface area contributed by atoms with E-state index in [4.69, 9.17) is 10.7 Å². The van der Waals surface area contributed by atoms with Crippen LogP contribution in [0.5, 0.6) is 0 Å². The van der Waals surface area contributed by atoms with Gasteiger partial charge in [0.15, 0.2) is 0 Å². The monoisotopic (exact) mass is 292 g/mol. The number of hydrogen-bond acceptors (Lipinski definition) is 4. The van der Waals surface area contributed by atoms with E-state index in [0.29, 0.717) is 0 Å². The third kappa shape index (κ3) is 4.06. The molecule has 0 spiro atoms. The van der Waals surface area contributed by atoms with Crippen LogP contribution >= 0.6 is 23.1 Å². The summed E-state index contributed by atoms with van der Waals surface area (Å²) >= 11 is 3.60. The maximum Gasteiger partial charge on any atom is 0.103 e. The highest BCUT2D eigenvalue weighted by Crippen LogP contribution is 2.30. The minimum Gasteiger partial charge on any atom is -0.323 e. The molecular weight excluding hydrogens is 272 g/mol. The minimum absolute atomic E-state index is 0.0922. The second-order valence-corrected chi connectivity index (χ2v) is 6.72. The van der Waals surface area contributed by atoms with Gasteiger partial charge in [0, 0.05) is 15.8 Å². The van der Waals surface area contributed by atoms with Crippen molar-refractivity contribution in [2.75, 3.05) is 0 Å². The lowest BCUT2D eigenvalue weighted by Gasteiger charge is -2.03. The first-order valence-electron chi connectivity index (χ1n) is 6.62. The maximum absolute atomic E-state index is 6.03. The van der Waals surface area contributed by atoms with Crippen LogP contribution in [0.25, 0.3) is 0 Å². The molecule has 1 heterocycles. The zero-order chi connectivity index (χ0) is 13.7. The molecule has 2 aromatic rings. The van der Waals surface area contributed by atoms with Gasteiger partial charge in [0.25, 0.3) is 0 Å². The van der Waals surface area contributed by atoms with Crippen LogP contribution in [-0.4, -0.2) is 4.98 Å². The maximum atomic E-state index is 6.03. The van der Waals surface area contributed by atoms with Crippen molar-refractivity contribution in [3.05, 3.63) is 45.9 Å². The first-order valence-corrected chi connectivity index (χ1v) is 8.42. The van der Waals surface area contributed by atoms with Gasteiger partial charge in [-0.1, -0.05) is 31.5 Å². The number of rotatable bonds is 6. The highest BCUT2D eigenvalue weighted by Gasteiger charge is 2.13. The smallest absolute Gasteiger partial charge is 0.103 e. The van der Waals surface area contributed by atoms with Gasteiger partial charge >= 0.3 is 0 Å². The van der Waals surface area contributed by atoms with Gasteiger partial charge in [0.1, 0.15) is 5.01 Å². The van der Waals surface area contributed by atoms with Crippen molar-refractivity contribution < 1.29 is 0 Å². The Bertz CT molecular complexity index is 506. The van der Waals surface area contributed by atoms with Crippen molar-refractivity contribution in [3.63, 3.8) is 0 Å². The molecule has 102 valence electrons. The number of aromatic nitrogens is 1. The van der Waals surface area contributed by atoms with Crippen LogP contribution < -0.4 is 5.73 Å². The van der Waals surface area contributed by atoms with Gasteiger partial charge in [0.05, 0.1) is 11.4 Å². The van der Waals surface area contributed by atoms with E-state index in [-0.39, 0.29) is 6.04 Å². The number of thiazole rings is 1.